The summed E-state index contributed by atoms with van der Waals surface area (Å²) in [6, 6.07) is 14.8. The first-order chi connectivity index (χ1) is 14.1. The monoisotopic (exact) mass is 449 g/mol. The quantitative estimate of drug-likeness (QED) is 0.706. The summed E-state index contributed by atoms with van der Waals surface area (Å²) in [7, 11) is -6.99. The van der Waals surface area contributed by atoms with E-state index in [1.54, 1.807) is 17.0 Å². The number of rotatable bonds is 5. The largest absolute Gasteiger partial charge is 0.306 e. The maximum Gasteiger partial charge on any atom is 0.241 e. The van der Waals surface area contributed by atoms with Gasteiger partial charge in [-0.05, 0) is 36.2 Å². The fourth-order valence-electron chi connectivity index (χ4n) is 4.25. The minimum absolute atomic E-state index is 0.0264. The number of hydrogen-bond donors (Lipinski definition) is 1. The minimum atomic E-state index is -3.75. The number of hydrogen-bond acceptors (Lipinski definition) is 6. The molecule has 2 aromatic carbocycles. The van der Waals surface area contributed by atoms with Crippen LogP contribution in [0.1, 0.15) is 5.56 Å². The molecule has 2 N–H and O–H groups in total. The van der Waals surface area contributed by atoms with Crippen molar-refractivity contribution in [3.05, 3.63) is 60.2 Å². The normalized spacial score (nSPS) is 24.0. The number of benzene rings is 2. The Balaban J connectivity index is 1.53. The van der Waals surface area contributed by atoms with Gasteiger partial charge in [-0.15, -0.1) is 0 Å². The van der Waals surface area contributed by atoms with Crippen molar-refractivity contribution in [1.82, 2.24) is 4.90 Å². The Morgan fingerprint density at radius 3 is 2.23 bits per heavy atom. The third kappa shape index (κ3) is 4.27. The fraction of sp³-hybridized carbons (Fsp3) is 0.350. The average molecular weight is 450 g/mol. The number of sulfonamides is 1. The summed E-state index contributed by atoms with van der Waals surface area (Å²) in [4.78, 5) is 16.5. The molecule has 2 atom stereocenters. The summed E-state index contributed by atoms with van der Waals surface area (Å²) >= 11 is 0. The molecular weight excluding hydrogens is 426 g/mol. The summed E-state index contributed by atoms with van der Waals surface area (Å²) in [5, 5.41) is 5.12. The average Bonchev–Trinajstić information content (AvgIpc) is 3.01. The lowest BCUT2D eigenvalue weighted by molar-refractivity contribution is -0.123. The molecule has 30 heavy (non-hydrogen) atoms. The second kappa shape index (κ2) is 7.77. The van der Waals surface area contributed by atoms with E-state index in [1.807, 2.05) is 35.2 Å². The van der Waals surface area contributed by atoms with E-state index in [1.165, 1.54) is 12.1 Å². The number of sulfone groups is 1. The van der Waals surface area contributed by atoms with Gasteiger partial charge in [0.2, 0.25) is 15.9 Å². The minimum Gasteiger partial charge on any atom is -0.306 e. The molecule has 8 nitrogen and oxygen atoms in total. The van der Waals surface area contributed by atoms with Gasteiger partial charge in [-0.3, -0.25) is 9.69 Å². The van der Waals surface area contributed by atoms with Gasteiger partial charge in [-0.25, -0.2) is 22.0 Å². The molecule has 0 unspecified atom stereocenters. The van der Waals surface area contributed by atoms with E-state index in [9.17, 15) is 21.6 Å². The molecule has 0 radical (unpaired) electrons. The molecule has 2 aliphatic heterocycles. The number of nitrogens with zero attached hydrogens (tertiary/aromatic N) is 2. The SMILES string of the molecule is NS(=O)(=O)c1ccc(CCN2CC(=O)N(c3ccccc3)[C@@H]3CS(=O)(=O)C[C@H]32)cc1. The van der Waals surface area contributed by atoms with E-state index in [0.717, 1.165) is 5.56 Å². The van der Waals surface area contributed by atoms with Crippen molar-refractivity contribution in [2.75, 3.05) is 29.5 Å². The van der Waals surface area contributed by atoms with Crippen LogP contribution in [-0.2, 0) is 31.1 Å². The number of para-hydroxylation sites is 1. The van der Waals surface area contributed by atoms with E-state index in [-0.39, 0.29) is 34.9 Å². The van der Waals surface area contributed by atoms with E-state index < -0.39 is 25.9 Å². The molecule has 0 bridgehead atoms. The van der Waals surface area contributed by atoms with Crippen molar-refractivity contribution < 1.29 is 21.6 Å². The number of fused-ring (bicyclic) bond motifs is 1. The molecule has 160 valence electrons. The highest BCUT2D eigenvalue weighted by atomic mass is 32.2. The van der Waals surface area contributed by atoms with Crippen LogP contribution in [0.2, 0.25) is 0 Å². The zero-order chi connectivity index (χ0) is 21.5. The van der Waals surface area contributed by atoms with Crippen LogP contribution in [-0.4, -0.2) is 64.3 Å². The zero-order valence-electron chi connectivity index (χ0n) is 16.2. The van der Waals surface area contributed by atoms with Crippen LogP contribution in [0.3, 0.4) is 0 Å². The van der Waals surface area contributed by atoms with Crippen molar-refractivity contribution in [2.45, 2.75) is 23.4 Å². The highest BCUT2D eigenvalue weighted by Crippen LogP contribution is 2.31. The molecule has 1 amide bonds. The number of piperazine rings is 1. The van der Waals surface area contributed by atoms with Crippen LogP contribution in [0.5, 0.6) is 0 Å². The summed E-state index contributed by atoms with van der Waals surface area (Å²) in [5.74, 6) is -0.139. The summed E-state index contributed by atoms with van der Waals surface area (Å²) in [5.41, 5.74) is 1.60. The standard InChI is InChI=1S/C20H23N3O5S2/c21-30(27,28)17-8-6-15(7-9-17)10-11-22-12-20(24)23(16-4-2-1-3-5-16)19-14-29(25,26)13-18(19)22/h1-9,18-19H,10-14H2,(H2,21,27,28)/t18-,19-/m1/s1. The molecule has 0 aromatic heterocycles. The number of anilines is 1. The Morgan fingerprint density at radius 1 is 0.967 bits per heavy atom. The summed E-state index contributed by atoms with van der Waals surface area (Å²) in [6.07, 6.45) is 0.562. The van der Waals surface area contributed by atoms with Crippen molar-refractivity contribution >= 4 is 31.5 Å². The van der Waals surface area contributed by atoms with Gasteiger partial charge in [0.05, 0.1) is 29.0 Å². The molecule has 0 saturated carbocycles. The van der Waals surface area contributed by atoms with Crippen molar-refractivity contribution in [3.63, 3.8) is 0 Å². The second-order valence-corrected chi connectivity index (χ2v) is 11.4. The highest BCUT2D eigenvalue weighted by Gasteiger charge is 2.49. The molecule has 2 fully saturated rings. The number of carbonyl (C=O) groups is 1. The predicted octanol–water partition coefficient (Wildman–Crippen LogP) is 0.391. The number of carbonyl (C=O) groups excluding carboxylic acids is 1. The van der Waals surface area contributed by atoms with Gasteiger partial charge in [0, 0.05) is 18.3 Å². The van der Waals surface area contributed by atoms with E-state index in [4.69, 9.17) is 5.14 Å². The van der Waals surface area contributed by atoms with Crippen LogP contribution in [0.25, 0.3) is 0 Å². The molecule has 2 aromatic rings. The van der Waals surface area contributed by atoms with Crippen molar-refractivity contribution in [1.29, 1.82) is 0 Å². The molecule has 4 rings (SSSR count). The molecule has 2 heterocycles. The Kier molecular flexibility index (Phi) is 5.43. The maximum absolute atomic E-state index is 12.9. The van der Waals surface area contributed by atoms with Gasteiger partial charge in [0.1, 0.15) is 0 Å². The van der Waals surface area contributed by atoms with Crippen molar-refractivity contribution in [2.24, 2.45) is 5.14 Å². The van der Waals surface area contributed by atoms with Crippen LogP contribution in [0.4, 0.5) is 5.69 Å². The molecule has 0 aliphatic carbocycles. The first-order valence-corrected chi connectivity index (χ1v) is 12.9. The number of primary sulfonamides is 1. The lowest BCUT2D eigenvalue weighted by Crippen LogP contribution is -2.62. The van der Waals surface area contributed by atoms with Crippen LogP contribution in [0, 0.1) is 0 Å². The summed E-state index contributed by atoms with van der Waals surface area (Å²) < 4.78 is 47.6. The van der Waals surface area contributed by atoms with Crippen LogP contribution >= 0.6 is 0 Å². The Morgan fingerprint density at radius 2 is 1.60 bits per heavy atom. The van der Waals surface area contributed by atoms with Gasteiger partial charge in [-0.2, -0.15) is 0 Å². The lowest BCUT2D eigenvalue weighted by atomic mass is 10.0. The molecule has 2 aliphatic rings. The van der Waals surface area contributed by atoms with Gasteiger partial charge >= 0.3 is 0 Å². The zero-order valence-corrected chi connectivity index (χ0v) is 17.8. The number of nitrogens with two attached hydrogens (primary N) is 1. The van der Waals surface area contributed by atoms with E-state index in [2.05, 4.69) is 0 Å². The Hall–Kier alpha value is -2.27. The first kappa shape index (κ1) is 21.0. The third-order valence-corrected chi connectivity index (χ3v) is 8.30. The van der Waals surface area contributed by atoms with Crippen LogP contribution in [0.15, 0.2) is 59.5 Å². The first-order valence-electron chi connectivity index (χ1n) is 9.57. The molecule has 10 heteroatoms. The third-order valence-electron chi connectivity index (χ3n) is 5.68. The van der Waals surface area contributed by atoms with E-state index in [0.29, 0.717) is 18.7 Å². The maximum atomic E-state index is 12.9. The fourth-order valence-corrected chi connectivity index (χ4v) is 6.74. The Labute approximate surface area is 176 Å². The van der Waals surface area contributed by atoms with Crippen LogP contribution < -0.4 is 10.0 Å². The van der Waals surface area contributed by atoms with Gasteiger partial charge in [0.25, 0.3) is 0 Å². The molecular formula is C20H23N3O5S2. The van der Waals surface area contributed by atoms with Gasteiger partial charge < -0.3 is 4.90 Å². The number of amides is 1. The van der Waals surface area contributed by atoms with Crippen molar-refractivity contribution in [3.8, 4) is 0 Å². The predicted molar refractivity (Wildman–Crippen MR) is 113 cm³/mol. The molecule has 0 spiro atoms. The van der Waals surface area contributed by atoms with Gasteiger partial charge in [-0.1, -0.05) is 30.3 Å². The highest BCUT2D eigenvalue weighted by molar-refractivity contribution is 7.91. The van der Waals surface area contributed by atoms with Gasteiger partial charge in [0.15, 0.2) is 9.84 Å². The second-order valence-electron chi connectivity index (χ2n) is 7.72. The smallest absolute Gasteiger partial charge is 0.241 e. The Bertz CT molecular complexity index is 1150. The van der Waals surface area contributed by atoms with E-state index >= 15 is 0 Å². The summed E-state index contributed by atoms with van der Waals surface area (Å²) in [6.45, 7) is 0.640. The lowest BCUT2D eigenvalue weighted by Gasteiger charge is -2.43. The topological polar surface area (TPSA) is 118 Å². The molecule has 2 saturated heterocycles.